The molecular weight excluding hydrogens is 392 g/mol. The van der Waals surface area contributed by atoms with Crippen LogP contribution in [0.1, 0.15) is 30.8 Å². The number of pyridine rings is 1. The van der Waals surface area contributed by atoms with Crippen molar-refractivity contribution in [3.63, 3.8) is 0 Å². The molecule has 31 heavy (non-hydrogen) atoms. The molecule has 1 aromatic carbocycles. The lowest BCUT2D eigenvalue weighted by atomic mass is 10.0. The third-order valence-corrected chi connectivity index (χ3v) is 4.59. The summed E-state index contributed by atoms with van der Waals surface area (Å²) in [7, 11) is 0. The van der Waals surface area contributed by atoms with E-state index in [0.717, 1.165) is 11.3 Å². The molecule has 0 aliphatic rings. The Labute approximate surface area is 178 Å². The Hall–Kier alpha value is -4.16. The molecule has 0 amide bonds. The van der Waals surface area contributed by atoms with E-state index >= 15 is 0 Å². The molecule has 0 atom stereocenters. The average Bonchev–Trinajstić information content (AvgIpc) is 3.21. The summed E-state index contributed by atoms with van der Waals surface area (Å²) in [6, 6.07) is 16.5. The molecule has 0 aliphatic heterocycles. The van der Waals surface area contributed by atoms with Crippen LogP contribution >= 0.6 is 0 Å². The SMILES string of the molecule is CC(C)(O)c1cccc(Cn2cc(-c3cc(-c4cccc(C#N)c4)nc(N)n3)nn2)n1. The van der Waals surface area contributed by atoms with Crippen LogP contribution in [0.5, 0.6) is 0 Å². The Bertz CT molecular complexity index is 1280. The predicted octanol–water partition coefficient (Wildman–Crippen LogP) is 2.53. The summed E-state index contributed by atoms with van der Waals surface area (Å²) in [5.74, 6) is 0.101. The Morgan fingerprint density at radius 1 is 1.03 bits per heavy atom. The highest BCUT2D eigenvalue weighted by molar-refractivity contribution is 5.68. The van der Waals surface area contributed by atoms with Gasteiger partial charge in [0, 0.05) is 5.56 Å². The van der Waals surface area contributed by atoms with E-state index in [1.54, 1.807) is 55.1 Å². The number of aromatic nitrogens is 6. The summed E-state index contributed by atoms with van der Waals surface area (Å²) >= 11 is 0. The molecule has 0 saturated carbocycles. The molecule has 3 N–H and O–H groups in total. The van der Waals surface area contributed by atoms with E-state index in [1.165, 1.54) is 0 Å². The first-order valence-electron chi connectivity index (χ1n) is 9.56. The number of aliphatic hydroxyl groups is 1. The Morgan fingerprint density at radius 2 is 1.81 bits per heavy atom. The normalized spacial score (nSPS) is 11.3. The second-order valence-corrected chi connectivity index (χ2v) is 7.56. The molecule has 0 unspecified atom stereocenters. The van der Waals surface area contributed by atoms with Crippen LogP contribution < -0.4 is 5.73 Å². The van der Waals surface area contributed by atoms with Gasteiger partial charge in [-0.3, -0.25) is 4.98 Å². The van der Waals surface area contributed by atoms with Crippen molar-refractivity contribution in [3.05, 3.63) is 71.7 Å². The molecule has 4 aromatic rings. The molecule has 3 heterocycles. The molecular formula is C22H20N8O. The topological polar surface area (TPSA) is 139 Å². The maximum absolute atomic E-state index is 10.2. The molecule has 9 heteroatoms. The lowest BCUT2D eigenvalue weighted by molar-refractivity contribution is 0.0736. The van der Waals surface area contributed by atoms with E-state index in [4.69, 9.17) is 11.0 Å². The first-order valence-corrected chi connectivity index (χ1v) is 9.56. The summed E-state index contributed by atoms with van der Waals surface area (Å²) < 4.78 is 1.64. The van der Waals surface area contributed by atoms with Crippen molar-refractivity contribution in [2.24, 2.45) is 0 Å². The van der Waals surface area contributed by atoms with Gasteiger partial charge < -0.3 is 10.8 Å². The Kier molecular flexibility index (Phi) is 5.15. The molecule has 0 saturated heterocycles. The second-order valence-electron chi connectivity index (χ2n) is 7.56. The maximum Gasteiger partial charge on any atom is 0.221 e. The van der Waals surface area contributed by atoms with E-state index in [2.05, 4.69) is 31.3 Å². The maximum atomic E-state index is 10.2. The molecule has 0 radical (unpaired) electrons. The zero-order valence-corrected chi connectivity index (χ0v) is 17.1. The lowest BCUT2D eigenvalue weighted by Crippen LogP contribution is -2.18. The average molecular weight is 412 g/mol. The predicted molar refractivity (Wildman–Crippen MR) is 114 cm³/mol. The minimum Gasteiger partial charge on any atom is -0.384 e. The number of hydrogen-bond donors (Lipinski definition) is 2. The van der Waals surface area contributed by atoms with E-state index in [1.807, 2.05) is 18.2 Å². The molecule has 9 nitrogen and oxygen atoms in total. The number of nitrogens with zero attached hydrogens (tertiary/aromatic N) is 7. The summed E-state index contributed by atoms with van der Waals surface area (Å²) in [5.41, 5.74) is 9.15. The molecule has 0 fully saturated rings. The van der Waals surface area contributed by atoms with Crippen LogP contribution in [-0.4, -0.2) is 35.1 Å². The summed E-state index contributed by atoms with van der Waals surface area (Å²) in [6.45, 7) is 3.76. The van der Waals surface area contributed by atoms with Crippen LogP contribution in [-0.2, 0) is 12.1 Å². The second kappa shape index (κ2) is 7.93. The van der Waals surface area contributed by atoms with Crippen molar-refractivity contribution >= 4 is 5.95 Å². The summed E-state index contributed by atoms with van der Waals surface area (Å²) in [4.78, 5) is 13.1. The van der Waals surface area contributed by atoms with Crippen molar-refractivity contribution in [3.8, 4) is 28.7 Å². The van der Waals surface area contributed by atoms with Crippen LogP contribution in [0, 0.1) is 11.3 Å². The smallest absolute Gasteiger partial charge is 0.221 e. The molecule has 0 aliphatic carbocycles. The van der Waals surface area contributed by atoms with Crippen molar-refractivity contribution < 1.29 is 5.11 Å². The zero-order valence-electron chi connectivity index (χ0n) is 17.1. The van der Waals surface area contributed by atoms with Crippen LogP contribution in [0.15, 0.2) is 54.7 Å². The number of benzene rings is 1. The van der Waals surface area contributed by atoms with Gasteiger partial charge in [0.15, 0.2) is 0 Å². The third-order valence-electron chi connectivity index (χ3n) is 4.59. The van der Waals surface area contributed by atoms with Gasteiger partial charge in [-0.15, -0.1) is 5.10 Å². The van der Waals surface area contributed by atoms with Gasteiger partial charge in [-0.1, -0.05) is 23.4 Å². The van der Waals surface area contributed by atoms with Gasteiger partial charge in [-0.05, 0) is 44.2 Å². The zero-order chi connectivity index (χ0) is 22.0. The van der Waals surface area contributed by atoms with E-state index < -0.39 is 5.60 Å². The highest BCUT2D eigenvalue weighted by Gasteiger charge is 2.18. The monoisotopic (exact) mass is 412 g/mol. The van der Waals surface area contributed by atoms with Crippen LogP contribution in [0.2, 0.25) is 0 Å². The van der Waals surface area contributed by atoms with Gasteiger partial charge in [0.2, 0.25) is 5.95 Å². The minimum absolute atomic E-state index is 0.101. The highest BCUT2D eigenvalue weighted by Crippen LogP contribution is 2.24. The van der Waals surface area contributed by atoms with Crippen LogP contribution in [0.3, 0.4) is 0 Å². The van der Waals surface area contributed by atoms with Gasteiger partial charge in [-0.2, -0.15) is 5.26 Å². The van der Waals surface area contributed by atoms with Crippen molar-refractivity contribution in [2.75, 3.05) is 5.73 Å². The van der Waals surface area contributed by atoms with Gasteiger partial charge in [0.1, 0.15) is 11.3 Å². The van der Waals surface area contributed by atoms with Crippen molar-refractivity contribution in [1.82, 2.24) is 29.9 Å². The lowest BCUT2D eigenvalue weighted by Gasteiger charge is -2.17. The highest BCUT2D eigenvalue weighted by atomic mass is 16.3. The standard InChI is InChI=1S/C22H20N8O/c1-22(2,31)20-8-4-7-16(25-20)12-30-13-19(28-29-30)18-10-17(26-21(24)27-18)15-6-3-5-14(9-15)11-23/h3-10,13,31H,12H2,1-2H3,(H2,24,26,27). The number of rotatable bonds is 5. The van der Waals surface area contributed by atoms with Crippen molar-refractivity contribution in [1.29, 1.82) is 5.26 Å². The van der Waals surface area contributed by atoms with Crippen LogP contribution in [0.25, 0.3) is 22.6 Å². The summed E-state index contributed by atoms with van der Waals surface area (Å²) in [6.07, 6.45) is 1.75. The minimum atomic E-state index is -1.03. The number of hydrogen-bond acceptors (Lipinski definition) is 8. The molecule has 0 spiro atoms. The number of anilines is 1. The van der Waals surface area contributed by atoms with Crippen LogP contribution in [0.4, 0.5) is 5.95 Å². The quantitative estimate of drug-likeness (QED) is 0.510. The van der Waals surface area contributed by atoms with E-state index in [-0.39, 0.29) is 5.95 Å². The van der Waals surface area contributed by atoms with E-state index in [0.29, 0.717) is 34.9 Å². The van der Waals surface area contributed by atoms with Gasteiger partial charge in [0.25, 0.3) is 0 Å². The van der Waals surface area contributed by atoms with E-state index in [9.17, 15) is 5.11 Å². The molecule has 4 rings (SSSR count). The fourth-order valence-corrected chi connectivity index (χ4v) is 3.06. The number of nitrogens with two attached hydrogens (primary N) is 1. The largest absolute Gasteiger partial charge is 0.384 e. The number of nitrogen functional groups attached to an aromatic ring is 1. The van der Waals surface area contributed by atoms with Gasteiger partial charge in [0.05, 0.1) is 47.1 Å². The Morgan fingerprint density at radius 3 is 2.58 bits per heavy atom. The third kappa shape index (κ3) is 4.55. The number of nitriles is 1. The Balaban J connectivity index is 1.62. The molecule has 0 bridgehead atoms. The fourth-order valence-electron chi connectivity index (χ4n) is 3.06. The van der Waals surface area contributed by atoms with Gasteiger partial charge in [-0.25, -0.2) is 14.6 Å². The first kappa shape index (κ1) is 20.1. The molecule has 154 valence electrons. The van der Waals surface area contributed by atoms with Gasteiger partial charge >= 0.3 is 0 Å². The first-order chi connectivity index (χ1) is 14.8. The molecule has 3 aromatic heterocycles. The fraction of sp³-hybridized carbons (Fsp3) is 0.182. The summed E-state index contributed by atoms with van der Waals surface area (Å²) in [5, 5.41) is 27.7. The van der Waals surface area contributed by atoms with Crippen molar-refractivity contribution in [2.45, 2.75) is 26.0 Å².